The molecule has 3 rings (SSSR count). The number of ether oxygens (including phenoxy) is 1. The number of tetrazole rings is 1. The number of rotatable bonds is 4. The number of hydrogen-bond acceptors (Lipinski definition) is 4. The third-order valence-electron chi connectivity index (χ3n) is 3.24. The number of nitrogens with zero attached hydrogens (tertiary/aromatic N) is 4. The van der Waals surface area contributed by atoms with Gasteiger partial charge in [-0.25, -0.2) is 4.68 Å². The summed E-state index contributed by atoms with van der Waals surface area (Å²) in [7, 11) is 1.63. The number of para-hydroxylation sites is 1. The first-order valence-electron chi connectivity index (χ1n) is 6.53. The monoisotopic (exact) mass is 334 g/mol. The Morgan fingerprint density at radius 1 is 1.09 bits per heavy atom. The summed E-state index contributed by atoms with van der Waals surface area (Å²) in [6, 6.07) is 13.1. The van der Waals surface area contributed by atoms with Gasteiger partial charge in [0.2, 0.25) is 0 Å². The Balaban J connectivity index is 2.01. The Morgan fingerprint density at radius 2 is 1.91 bits per heavy atom. The molecule has 22 heavy (non-hydrogen) atoms. The molecule has 0 radical (unpaired) electrons. The van der Waals surface area contributed by atoms with Crippen molar-refractivity contribution in [1.29, 1.82) is 0 Å². The van der Waals surface area contributed by atoms with Crippen LogP contribution in [-0.2, 0) is 6.54 Å². The lowest BCUT2D eigenvalue weighted by Crippen LogP contribution is -2.06. The second kappa shape index (κ2) is 6.34. The average Bonchev–Trinajstić information content (AvgIpc) is 2.98. The van der Waals surface area contributed by atoms with Gasteiger partial charge in [-0.1, -0.05) is 47.5 Å². The molecule has 0 spiro atoms. The molecular formula is C15H12Cl2N4O. The van der Waals surface area contributed by atoms with E-state index in [4.69, 9.17) is 27.9 Å². The van der Waals surface area contributed by atoms with Crippen LogP contribution in [0.3, 0.4) is 0 Å². The van der Waals surface area contributed by atoms with E-state index in [-0.39, 0.29) is 0 Å². The van der Waals surface area contributed by atoms with E-state index in [1.54, 1.807) is 17.9 Å². The van der Waals surface area contributed by atoms with Gasteiger partial charge < -0.3 is 4.74 Å². The van der Waals surface area contributed by atoms with E-state index in [1.165, 1.54) is 0 Å². The van der Waals surface area contributed by atoms with Crippen LogP contribution in [0.15, 0.2) is 42.5 Å². The van der Waals surface area contributed by atoms with E-state index < -0.39 is 0 Å². The molecule has 0 amide bonds. The summed E-state index contributed by atoms with van der Waals surface area (Å²) in [6.07, 6.45) is 0. The number of halogens is 2. The maximum atomic E-state index is 6.25. The van der Waals surface area contributed by atoms with E-state index in [9.17, 15) is 0 Å². The van der Waals surface area contributed by atoms with Crippen molar-refractivity contribution in [2.45, 2.75) is 6.54 Å². The van der Waals surface area contributed by atoms with Crippen LogP contribution in [0.25, 0.3) is 11.4 Å². The summed E-state index contributed by atoms with van der Waals surface area (Å²) < 4.78 is 7.02. The Kier molecular flexibility index (Phi) is 4.27. The highest BCUT2D eigenvalue weighted by molar-refractivity contribution is 6.43. The fourth-order valence-electron chi connectivity index (χ4n) is 2.18. The van der Waals surface area contributed by atoms with E-state index in [0.717, 1.165) is 11.3 Å². The van der Waals surface area contributed by atoms with Crippen molar-refractivity contribution < 1.29 is 4.74 Å². The zero-order valence-corrected chi connectivity index (χ0v) is 13.2. The van der Waals surface area contributed by atoms with Crippen molar-refractivity contribution in [2.24, 2.45) is 0 Å². The molecule has 7 heteroatoms. The van der Waals surface area contributed by atoms with Crippen LogP contribution in [0.4, 0.5) is 0 Å². The summed E-state index contributed by atoms with van der Waals surface area (Å²) >= 11 is 12.3. The molecule has 0 aliphatic rings. The van der Waals surface area contributed by atoms with Gasteiger partial charge in [-0.15, -0.1) is 5.10 Å². The molecule has 0 aliphatic carbocycles. The Labute approximate surface area is 137 Å². The summed E-state index contributed by atoms with van der Waals surface area (Å²) in [5.41, 5.74) is 1.66. The van der Waals surface area contributed by atoms with Gasteiger partial charge in [-0.2, -0.15) is 0 Å². The van der Waals surface area contributed by atoms with Crippen LogP contribution in [-0.4, -0.2) is 27.3 Å². The molecule has 112 valence electrons. The van der Waals surface area contributed by atoms with Crippen molar-refractivity contribution in [3.8, 4) is 17.1 Å². The maximum Gasteiger partial charge on any atom is 0.183 e. The molecule has 0 saturated heterocycles. The summed E-state index contributed by atoms with van der Waals surface area (Å²) in [5.74, 6) is 1.33. The van der Waals surface area contributed by atoms with E-state index in [2.05, 4.69) is 15.5 Å². The van der Waals surface area contributed by atoms with Crippen LogP contribution in [0.5, 0.6) is 5.75 Å². The molecule has 0 atom stereocenters. The minimum atomic E-state index is 0.431. The molecule has 0 bridgehead atoms. The first kappa shape index (κ1) is 14.8. The molecular weight excluding hydrogens is 323 g/mol. The highest BCUT2D eigenvalue weighted by atomic mass is 35.5. The van der Waals surface area contributed by atoms with E-state index >= 15 is 0 Å². The molecule has 2 aromatic carbocycles. The van der Waals surface area contributed by atoms with Gasteiger partial charge in [0.1, 0.15) is 5.75 Å². The fraction of sp³-hybridized carbons (Fsp3) is 0.133. The lowest BCUT2D eigenvalue weighted by molar-refractivity contribution is 0.407. The van der Waals surface area contributed by atoms with E-state index in [1.807, 2.05) is 36.4 Å². The molecule has 1 aromatic heterocycles. The van der Waals surface area contributed by atoms with Gasteiger partial charge in [0, 0.05) is 11.1 Å². The highest BCUT2D eigenvalue weighted by Gasteiger charge is 2.15. The van der Waals surface area contributed by atoms with Crippen molar-refractivity contribution in [3.63, 3.8) is 0 Å². The standard InChI is InChI=1S/C15H12Cl2N4O/c1-22-13-8-3-2-5-10(13)9-21-15(18-19-20-21)11-6-4-7-12(16)14(11)17/h2-8H,9H2,1H3. The predicted octanol–water partition coefficient (Wildman–Crippen LogP) is 3.70. The summed E-state index contributed by atoms with van der Waals surface area (Å²) in [5, 5.41) is 12.7. The van der Waals surface area contributed by atoms with Gasteiger partial charge >= 0.3 is 0 Å². The van der Waals surface area contributed by atoms with Crippen LogP contribution >= 0.6 is 23.2 Å². The quantitative estimate of drug-likeness (QED) is 0.729. The van der Waals surface area contributed by atoms with Gasteiger partial charge in [0.05, 0.1) is 23.7 Å². The third kappa shape index (κ3) is 2.77. The van der Waals surface area contributed by atoms with Crippen molar-refractivity contribution in [2.75, 3.05) is 7.11 Å². The van der Waals surface area contributed by atoms with Crippen molar-refractivity contribution >= 4 is 23.2 Å². The Hall–Kier alpha value is -2.11. The summed E-state index contributed by atoms with van der Waals surface area (Å²) in [4.78, 5) is 0. The first-order chi connectivity index (χ1) is 10.7. The number of aromatic nitrogens is 4. The fourth-order valence-corrected chi connectivity index (χ4v) is 2.56. The molecule has 3 aromatic rings. The number of benzene rings is 2. The zero-order valence-electron chi connectivity index (χ0n) is 11.7. The van der Waals surface area contributed by atoms with Crippen LogP contribution in [0.2, 0.25) is 10.0 Å². The van der Waals surface area contributed by atoms with Crippen LogP contribution in [0.1, 0.15) is 5.56 Å². The van der Waals surface area contributed by atoms with Crippen LogP contribution < -0.4 is 4.74 Å². The molecule has 0 unspecified atom stereocenters. The van der Waals surface area contributed by atoms with Gasteiger partial charge in [0.15, 0.2) is 5.82 Å². The second-order valence-corrected chi connectivity index (χ2v) is 5.36. The molecule has 0 N–H and O–H groups in total. The topological polar surface area (TPSA) is 52.8 Å². The first-order valence-corrected chi connectivity index (χ1v) is 7.28. The predicted molar refractivity (Wildman–Crippen MR) is 85.4 cm³/mol. The molecule has 0 aliphatic heterocycles. The normalized spacial score (nSPS) is 10.7. The molecule has 5 nitrogen and oxygen atoms in total. The lowest BCUT2D eigenvalue weighted by Gasteiger charge is -2.10. The molecule has 0 saturated carbocycles. The van der Waals surface area contributed by atoms with Crippen LogP contribution in [0, 0.1) is 0 Å². The Morgan fingerprint density at radius 3 is 2.73 bits per heavy atom. The van der Waals surface area contributed by atoms with E-state index in [0.29, 0.717) is 28.0 Å². The third-order valence-corrected chi connectivity index (χ3v) is 4.06. The maximum absolute atomic E-state index is 6.25. The largest absolute Gasteiger partial charge is 0.496 e. The van der Waals surface area contributed by atoms with Gasteiger partial charge in [0.25, 0.3) is 0 Å². The zero-order chi connectivity index (χ0) is 15.5. The highest BCUT2D eigenvalue weighted by Crippen LogP contribution is 2.32. The minimum Gasteiger partial charge on any atom is -0.496 e. The average molecular weight is 335 g/mol. The molecule has 1 heterocycles. The smallest absolute Gasteiger partial charge is 0.183 e. The number of hydrogen-bond donors (Lipinski definition) is 0. The lowest BCUT2D eigenvalue weighted by atomic mass is 10.2. The van der Waals surface area contributed by atoms with Gasteiger partial charge in [-0.05, 0) is 28.6 Å². The van der Waals surface area contributed by atoms with Gasteiger partial charge in [-0.3, -0.25) is 0 Å². The minimum absolute atomic E-state index is 0.431. The summed E-state index contributed by atoms with van der Waals surface area (Å²) in [6.45, 7) is 0.467. The van der Waals surface area contributed by atoms with Crippen molar-refractivity contribution in [3.05, 3.63) is 58.1 Å². The molecule has 0 fully saturated rings. The number of methoxy groups -OCH3 is 1. The van der Waals surface area contributed by atoms with Crippen molar-refractivity contribution in [1.82, 2.24) is 20.2 Å². The SMILES string of the molecule is COc1ccccc1Cn1nnnc1-c1cccc(Cl)c1Cl. The second-order valence-electron chi connectivity index (χ2n) is 4.57. The Bertz CT molecular complexity index is 804.